The summed E-state index contributed by atoms with van der Waals surface area (Å²) in [5, 5.41) is 24.0. The van der Waals surface area contributed by atoms with Crippen LogP contribution in [0.2, 0.25) is 0 Å². The second-order valence-corrected chi connectivity index (χ2v) is 13.3. The zero-order valence-corrected chi connectivity index (χ0v) is 28.8. The summed E-state index contributed by atoms with van der Waals surface area (Å²) < 4.78 is 8.18. The summed E-state index contributed by atoms with van der Waals surface area (Å²) in [4.78, 5) is 32.0. The molecule has 2 aliphatic rings. The van der Waals surface area contributed by atoms with Gasteiger partial charge in [-0.05, 0) is 111 Å². The molecule has 0 spiro atoms. The number of aryl methyl sites for hydroxylation is 1. The number of aromatic nitrogens is 3. The molecule has 0 aliphatic carbocycles. The van der Waals surface area contributed by atoms with Crippen LogP contribution in [0.1, 0.15) is 77.1 Å². The van der Waals surface area contributed by atoms with Crippen molar-refractivity contribution in [1.82, 2.24) is 30.3 Å². The lowest BCUT2D eigenvalue weighted by Crippen LogP contribution is -2.34. The van der Waals surface area contributed by atoms with Gasteiger partial charge in [-0.2, -0.15) is 10.4 Å². The Morgan fingerprint density at radius 1 is 0.960 bits per heavy atom. The number of carbonyl (C=O) groups is 2. The molecule has 2 aliphatic heterocycles. The molecule has 1 fully saturated rings. The molecule has 4 heterocycles. The van der Waals surface area contributed by atoms with Crippen LogP contribution >= 0.6 is 0 Å². The largest absolute Gasteiger partial charge is 0.435 e. The fraction of sp³-hybridized carbons (Fsp3) is 0.359. The zero-order valence-electron chi connectivity index (χ0n) is 28.8. The van der Waals surface area contributed by atoms with Crippen molar-refractivity contribution in [2.45, 2.75) is 65.6 Å². The third-order valence-corrected chi connectivity index (χ3v) is 9.86. The molecule has 0 radical (unpaired) electrons. The number of nitrogens with one attached hydrogen (secondary N) is 3. The molecule has 2 aromatic heterocycles. The van der Waals surface area contributed by atoms with Gasteiger partial charge in [0.2, 0.25) is 11.8 Å². The lowest BCUT2D eigenvalue weighted by atomic mass is 9.93. The normalized spacial score (nSPS) is 15.9. The van der Waals surface area contributed by atoms with Crippen LogP contribution < -0.4 is 16.0 Å². The summed E-state index contributed by atoms with van der Waals surface area (Å²) in [6.45, 7) is 10.4. The van der Waals surface area contributed by atoms with Gasteiger partial charge in [0.1, 0.15) is 11.6 Å². The van der Waals surface area contributed by atoms with Crippen LogP contribution in [-0.2, 0) is 17.9 Å². The van der Waals surface area contributed by atoms with E-state index in [-0.39, 0.29) is 17.9 Å². The smallest absolute Gasteiger partial charge is 0.276 e. The van der Waals surface area contributed by atoms with Crippen LogP contribution in [0.3, 0.4) is 0 Å². The predicted octanol–water partition coefficient (Wildman–Crippen LogP) is 6.26. The monoisotopic (exact) mass is 670 g/mol. The van der Waals surface area contributed by atoms with Crippen molar-refractivity contribution in [2.75, 3.05) is 31.5 Å². The molecule has 1 saturated heterocycles. The van der Waals surface area contributed by atoms with Crippen LogP contribution in [0.15, 0.2) is 59.0 Å². The van der Waals surface area contributed by atoms with Crippen molar-refractivity contribution < 1.29 is 14.0 Å². The third-order valence-electron chi connectivity index (χ3n) is 9.86. The Morgan fingerprint density at radius 2 is 1.72 bits per heavy atom. The minimum atomic E-state index is -0.265. The number of nitriles is 1. The van der Waals surface area contributed by atoms with E-state index in [1.807, 2.05) is 67.1 Å². The number of nitrogens with zero attached hydrogens (tertiary/aromatic N) is 5. The topological polar surface area (TPSA) is 141 Å². The fourth-order valence-electron chi connectivity index (χ4n) is 7.27. The van der Waals surface area contributed by atoms with Crippen LogP contribution in [0.4, 0.5) is 5.69 Å². The van der Waals surface area contributed by atoms with Gasteiger partial charge >= 0.3 is 0 Å². The Kier molecular flexibility index (Phi) is 9.48. The Morgan fingerprint density at radius 3 is 2.50 bits per heavy atom. The van der Waals surface area contributed by atoms with Gasteiger partial charge in [0.15, 0.2) is 11.3 Å². The van der Waals surface area contributed by atoms with Crippen molar-refractivity contribution in [3.05, 3.63) is 88.2 Å². The Bertz CT molecular complexity index is 2120. The van der Waals surface area contributed by atoms with E-state index in [0.29, 0.717) is 47.0 Å². The number of anilines is 1. The van der Waals surface area contributed by atoms with Crippen LogP contribution in [0, 0.1) is 25.2 Å². The van der Waals surface area contributed by atoms with Crippen LogP contribution in [0.25, 0.3) is 33.7 Å². The standard InChI is InChI=1S/C39H42N8O3/c1-24-29(9-6-11-31(24)39-44-34-20-27(23-46-16-4-5-17-46)19-28(22-40)37(34)50-39)30-10-7-12-32(25(30)2)43-38(49)35-21-36-33(13-8-18-47(36)45-35)42-15-14-41-26(3)48/h6-7,9-12,19-21,33,42H,4-5,8,13-18,23H2,1-3H3,(H,41,48)(H,43,49). The Labute approximate surface area is 291 Å². The maximum Gasteiger partial charge on any atom is 0.276 e. The molecule has 11 heteroatoms. The van der Waals surface area contributed by atoms with Gasteiger partial charge in [-0.25, -0.2) is 4.98 Å². The first kappa shape index (κ1) is 33.2. The second-order valence-electron chi connectivity index (χ2n) is 13.3. The van der Waals surface area contributed by atoms with Crippen LogP contribution in [-0.4, -0.2) is 57.7 Å². The average Bonchev–Trinajstić information content (AvgIpc) is 3.88. The van der Waals surface area contributed by atoms with E-state index < -0.39 is 0 Å². The number of rotatable bonds is 10. The summed E-state index contributed by atoms with van der Waals surface area (Å²) in [6, 6.07) is 20.1. The van der Waals surface area contributed by atoms with Gasteiger partial charge in [0.05, 0.1) is 11.3 Å². The van der Waals surface area contributed by atoms with Gasteiger partial charge in [-0.1, -0.05) is 24.3 Å². The molecule has 2 amide bonds. The molecule has 1 atom stereocenters. The summed E-state index contributed by atoms with van der Waals surface area (Å²) in [5.74, 6) is 0.156. The first-order valence-electron chi connectivity index (χ1n) is 17.4. The number of benzene rings is 3. The molecule has 50 heavy (non-hydrogen) atoms. The molecule has 3 aromatic carbocycles. The van der Waals surface area contributed by atoms with Gasteiger partial charge < -0.3 is 20.4 Å². The van der Waals surface area contributed by atoms with E-state index in [1.54, 1.807) is 0 Å². The Balaban J connectivity index is 1.12. The zero-order chi connectivity index (χ0) is 34.8. The molecule has 0 saturated carbocycles. The Hall–Kier alpha value is -5.31. The van der Waals surface area contributed by atoms with Gasteiger partial charge in [-0.3, -0.25) is 19.2 Å². The first-order valence-corrected chi connectivity index (χ1v) is 17.4. The molecule has 5 aromatic rings. The maximum atomic E-state index is 13.5. The highest BCUT2D eigenvalue weighted by Crippen LogP contribution is 2.37. The van der Waals surface area contributed by atoms with E-state index in [2.05, 4.69) is 38.1 Å². The summed E-state index contributed by atoms with van der Waals surface area (Å²) >= 11 is 0. The first-order chi connectivity index (χ1) is 24.3. The average molecular weight is 671 g/mol. The lowest BCUT2D eigenvalue weighted by molar-refractivity contribution is -0.118. The minimum Gasteiger partial charge on any atom is -0.435 e. The molecular formula is C39H42N8O3. The van der Waals surface area contributed by atoms with Crippen molar-refractivity contribution in [3.63, 3.8) is 0 Å². The van der Waals surface area contributed by atoms with Crippen LogP contribution in [0.5, 0.6) is 0 Å². The quantitative estimate of drug-likeness (QED) is 0.148. The molecule has 256 valence electrons. The minimum absolute atomic E-state index is 0.0541. The molecule has 3 N–H and O–H groups in total. The number of fused-ring (bicyclic) bond motifs is 2. The van der Waals surface area contributed by atoms with Crippen molar-refractivity contribution in [3.8, 4) is 28.7 Å². The van der Waals surface area contributed by atoms with Crippen molar-refractivity contribution >= 4 is 28.6 Å². The molecule has 7 rings (SSSR count). The van der Waals surface area contributed by atoms with E-state index in [0.717, 1.165) is 78.1 Å². The highest BCUT2D eigenvalue weighted by Gasteiger charge is 2.25. The summed E-state index contributed by atoms with van der Waals surface area (Å²) in [7, 11) is 0. The number of oxazole rings is 1. The molecule has 1 unspecified atom stereocenters. The van der Waals surface area contributed by atoms with E-state index in [9.17, 15) is 14.9 Å². The number of carbonyl (C=O) groups excluding carboxylic acids is 2. The molecule has 0 bridgehead atoms. The van der Waals surface area contributed by atoms with Gasteiger partial charge in [-0.15, -0.1) is 0 Å². The molecular weight excluding hydrogens is 628 g/mol. The number of hydrogen-bond donors (Lipinski definition) is 3. The lowest BCUT2D eigenvalue weighted by Gasteiger charge is -2.24. The highest BCUT2D eigenvalue weighted by atomic mass is 16.3. The number of amides is 2. The van der Waals surface area contributed by atoms with Crippen molar-refractivity contribution in [1.29, 1.82) is 5.26 Å². The highest BCUT2D eigenvalue weighted by molar-refractivity contribution is 6.04. The summed E-state index contributed by atoms with van der Waals surface area (Å²) in [6.07, 6.45) is 4.31. The third kappa shape index (κ3) is 6.77. The second kappa shape index (κ2) is 14.3. The fourth-order valence-corrected chi connectivity index (χ4v) is 7.27. The number of hydrogen-bond acceptors (Lipinski definition) is 8. The van der Waals surface area contributed by atoms with Crippen molar-refractivity contribution in [2.24, 2.45) is 0 Å². The van der Waals surface area contributed by atoms with Gasteiger partial charge in [0.25, 0.3) is 5.91 Å². The summed E-state index contributed by atoms with van der Waals surface area (Å²) in [5.41, 5.74) is 9.56. The molecule has 11 nitrogen and oxygen atoms in total. The van der Waals surface area contributed by atoms with E-state index >= 15 is 0 Å². The SMILES string of the molecule is CC(=O)NCCNC1CCCn2nc(C(=O)Nc3cccc(-c4cccc(-c5nc6cc(CN7CCCC7)cc(C#N)c6o5)c4C)c3C)cc21. The number of likely N-dealkylation sites (tertiary alicyclic amines) is 1. The van der Waals surface area contributed by atoms with E-state index in [1.165, 1.54) is 19.8 Å². The van der Waals surface area contributed by atoms with E-state index in [4.69, 9.17) is 9.40 Å². The van der Waals surface area contributed by atoms with Gasteiger partial charge in [0, 0.05) is 50.4 Å². The maximum absolute atomic E-state index is 13.5. The predicted molar refractivity (Wildman–Crippen MR) is 192 cm³/mol.